The van der Waals surface area contributed by atoms with Crippen molar-refractivity contribution in [2.45, 2.75) is 19.3 Å². The van der Waals surface area contributed by atoms with Gasteiger partial charge in [-0.25, -0.2) is 0 Å². The van der Waals surface area contributed by atoms with Gasteiger partial charge in [-0.2, -0.15) is 0 Å². The molecule has 19 aromatic carbocycles. The summed E-state index contributed by atoms with van der Waals surface area (Å²) >= 11 is 0. The van der Waals surface area contributed by atoms with Crippen molar-refractivity contribution in [3.63, 3.8) is 0 Å². The van der Waals surface area contributed by atoms with E-state index in [0.717, 1.165) is 22.7 Å². The van der Waals surface area contributed by atoms with Gasteiger partial charge in [0.25, 0.3) is 0 Å². The molecule has 0 N–H and O–H groups in total. The molecule has 22 aromatic rings. The van der Waals surface area contributed by atoms with Crippen molar-refractivity contribution in [3.8, 4) is 95.0 Å². The molecule has 3 aromatic heterocycles. The van der Waals surface area contributed by atoms with E-state index in [1.807, 2.05) is 0 Å². The van der Waals surface area contributed by atoms with Crippen molar-refractivity contribution < 1.29 is 0 Å². The minimum Gasteiger partial charge on any atom is -0.310 e. The van der Waals surface area contributed by atoms with Crippen LogP contribution in [0.1, 0.15) is 25.0 Å². The molecule has 113 heavy (non-hydrogen) atoms. The standard InChI is InChI=1S/C59H40N2.C50H30N2/c1-59(2)52-21-11-10-19-47(52)48-32-31-43(36-53(48)59)60(40-14-4-3-5-15-40)41-27-23-37(24-28-41)38-25-29-42(30-26-38)61-54-22-12-20-49-45-17-8-9-18-46(45)51-35-39-13-6-7-16-44(39)50-33-34-55(61)58(56(50)51)57(49)54;1-2-11-36-33(10-1)30-43-38-13-4-3-12-37(38)41-16-9-19-46-49(41)50-47(29-28-42(36)48(43)50)52(46)35-26-22-32(23-27-35)31-20-24-34(25-21-31)51-44-17-7-5-14-39(44)40-15-6-8-18-45(40)51/h3-36H,1-2H3;1-30H. The monoisotopic (exact) mass is 1430 g/mol. The zero-order valence-electron chi connectivity index (χ0n) is 62.2. The van der Waals surface area contributed by atoms with E-state index in [4.69, 9.17) is 0 Å². The van der Waals surface area contributed by atoms with Gasteiger partial charge in [0.1, 0.15) is 0 Å². The zero-order chi connectivity index (χ0) is 74.3. The SMILES string of the molecule is CC1(C)c2ccccc2-c2ccc(N(c3ccccc3)c3ccc(-c4ccc(-n5c6cccc7c6c6c8c(cc9ccccc9c8ccc65)-c5ccccc5-7)cc4)cc3)cc21.c1ccc2c(c1)-c1cc3ccccc3c3ccc4c(c13)c1c-2cccc1n4-c1ccc(-c2ccc(-n3c4ccccc4c4ccccc43)cc2)cc1. The highest BCUT2D eigenvalue weighted by Crippen LogP contribution is 2.55. The Labute approximate surface area is 653 Å². The minimum atomic E-state index is -0.0750. The fourth-order valence-electron chi connectivity index (χ4n) is 20.1. The van der Waals surface area contributed by atoms with Crippen LogP contribution in [0, 0.1) is 0 Å². The Hall–Kier alpha value is -14.6. The molecular weight excluding hydrogens is 1370 g/mol. The lowest BCUT2D eigenvalue weighted by Gasteiger charge is -2.28. The number of aromatic nitrogens is 3. The number of hydrogen-bond donors (Lipinski definition) is 0. The van der Waals surface area contributed by atoms with Gasteiger partial charge in [-0.3, -0.25) is 0 Å². The molecule has 0 saturated heterocycles. The van der Waals surface area contributed by atoms with Crippen molar-refractivity contribution in [1.82, 2.24) is 13.7 Å². The molecule has 526 valence electrons. The van der Waals surface area contributed by atoms with Gasteiger partial charge in [0.2, 0.25) is 0 Å². The number of benzene rings is 19. The number of fused-ring (bicyclic) bond motifs is 16. The van der Waals surface area contributed by atoms with E-state index in [-0.39, 0.29) is 5.41 Å². The highest BCUT2D eigenvalue weighted by Gasteiger charge is 2.36. The van der Waals surface area contributed by atoms with E-state index in [1.54, 1.807) is 0 Å². The maximum absolute atomic E-state index is 2.47. The molecule has 3 aliphatic carbocycles. The number of hydrogen-bond acceptors (Lipinski definition) is 1. The number of nitrogens with zero attached hydrogens (tertiary/aromatic N) is 4. The summed E-state index contributed by atoms with van der Waals surface area (Å²) in [6.07, 6.45) is 0. The van der Waals surface area contributed by atoms with Crippen LogP contribution in [-0.2, 0) is 5.41 Å². The van der Waals surface area contributed by atoms with Crippen molar-refractivity contribution in [3.05, 3.63) is 399 Å². The Balaban J connectivity index is 0.000000133. The third kappa shape index (κ3) is 9.26. The second kappa shape index (κ2) is 24.2. The van der Waals surface area contributed by atoms with Crippen molar-refractivity contribution in [2.75, 3.05) is 4.90 Å². The summed E-state index contributed by atoms with van der Waals surface area (Å²) in [4.78, 5) is 2.38. The maximum Gasteiger partial charge on any atom is 0.0548 e. The summed E-state index contributed by atoms with van der Waals surface area (Å²) in [6, 6.07) is 144. The molecular formula is C109H70N4. The smallest absolute Gasteiger partial charge is 0.0548 e. The number of para-hydroxylation sites is 3. The molecule has 0 saturated carbocycles. The summed E-state index contributed by atoms with van der Waals surface area (Å²) in [5, 5.41) is 18.3. The first-order valence-corrected chi connectivity index (χ1v) is 39.4. The molecule has 0 atom stereocenters. The Kier molecular flexibility index (Phi) is 13.6. The number of rotatable bonds is 8. The largest absolute Gasteiger partial charge is 0.310 e. The molecule has 0 aliphatic heterocycles. The average molecular weight is 1440 g/mol. The highest BCUT2D eigenvalue weighted by atomic mass is 15.1. The summed E-state index contributed by atoms with van der Waals surface area (Å²) in [6.45, 7) is 4.70. The van der Waals surface area contributed by atoms with E-state index in [0.29, 0.717) is 0 Å². The van der Waals surface area contributed by atoms with E-state index >= 15 is 0 Å². The normalized spacial score (nSPS) is 12.8. The molecule has 4 heteroatoms. The van der Waals surface area contributed by atoms with E-state index < -0.39 is 0 Å². The molecule has 0 fully saturated rings. The Morgan fingerprint density at radius 1 is 0.195 bits per heavy atom. The lowest BCUT2D eigenvalue weighted by molar-refractivity contribution is 0.660. The zero-order valence-corrected chi connectivity index (χ0v) is 62.2. The van der Waals surface area contributed by atoms with Gasteiger partial charge in [-0.15, -0.1) is 0 Å². The summed E-state index contributed by atoms with van der Waals surface area (Å²) in [5.41, 5.74) is 34.8. The van der Waals surface area contributed by atoms with Crippen LogP contribution in [-0.4, -0.2) is 13.7 Å². The van der Waals surface area contributed by atoms with Crippen LogP contribution in [0.3, 0.4) is 0 Å². The van der Waals surface area contributed by atoms with Crippen LogP contribution in [0.4, 0.5) is 17.1 Å². The predicted octanol–water partition coefficient (Wildman–Crippen LogP) is 29.7. The molecule has 0 bridgehead atoms. The average Bonchev–Trinajstić information content (AvgIpc) is 1.55. The molecule has 0 radical (unpaired) electrons. The molecule has 0 unspecified atom stereocenters. The summed E-state index contributed by atoms with van der Waals surface area (Å²) in [5.74, 6) is 0. The first-order chi connectivity index (χ1) is 55.8. The van der Waals surface area contributed by atoms with Gasteiger partial charge in [0, 0.05) is 82.6 Å². The Bertz CT molecular complexity index is 7730. The maximum atomic E-state index is 2.47. The van der Waals surface area contributed by atoms with Crippen LogP contribution in [0.15, 0.2) is 388 Å². The van der Waals surface area contributed by atoms with Gasteiger partial charge in [-0.1, -0.05) is 281 Å². The van der Waals surface area contributed by atoms with Crippen LogP contribution in [0.5, 0.6) is 0 Å². The van der Waals surface area contributed by atoms with Gasteiger partial charge in [-0.05, 0) is 243 Å². The molecule has 0 spiro atoms. The highest BCUT2D eigenvalue weighted by molar-refractivity contribution is 6.35. The predicted molar refractivity (Wildman–Crippen MR) is 478 cm³/mol. The first kappa shape index (κ1) is 63.4. The van der Waals surface area contributed by atoms with E-state index in [2.05, 4.69) is 421 Å². The molecule has 3 heterocycles. The van der Waals surface area contributed by atoms with E-state index in [9.17, 15) is 0 Å². The van der Waals surface area contributed by atoms with Crippen molar-refractivity contribution in [1.29, 1.82) is 0 Å². The van der Waals surface area contributed by atoms with Gasteiger partial charge >= 0.3 is 0 Å². The van der Waals surface area contributed by atoms with E-state index in [1.165, 1.54) is 209 Å². The van der Waals surface area contributed by atoms with Crippen LogP contribution >= 0.6 is 0 Å². The molecule has 3 aliphatic rings. The lowest BCUT2D eigenvalue weighted by Crippen LogP contribution is -2.16. The minimum absolute atomic E-state index is 0.0750. The second-order valence-corrected chi connectivity index (χ2v) is 31.3. The van der Waals surface area contributed by atoms with Crippen molar-refractivity contribution in [2.24, 2.45) is 0 Å². The molecule has 4 nitrogen and oxygen atoms in total. The first-order valence-electron chi connectivity index (χ1n) is 39.4. The third-order valence-corrected chi connectivity index (χ3v) is 25.2. The van der Waals surface area contributed by atoms with Crippen LogP contribution < -0.4 is 4.90 Å². The molecule has 25 rings (SSSR count). The van der Waals surface area contributed by atoms with Gasteiger partial charge in [0.15, 0.2) is 0 Å². The number of anilines is 3. The van der Waals surface area contributed by atoms with Gasteiger partial charge in [0.05, 0.1) is 33.1 Å². The Morgan fingerprint density at radius 2 is 0.540 bits per heavy atom. The molecule has 0 amide bonds. The summed E-state index contributed by atoms with van der Waals surface area (Å²) in [7, 11) is 0. The summed E-state index contributed by atoms with van der Waals surface area (Å²) < 4.78 is 7.32. The van der Waals surface area contributed by atoms with Gasteiger partial charge < -0.3 is 18.6 Å². The third-order valence-electron chi connectivity index (χ3n) is 25.2. The fraction of sp³-hybridized carbons (Fsp3) is 0.0275. The lowest BCUT2D eigenvalue weighted by atomic mass is 9.82. The van der Waals surface area contributed by atoms with Crippen molar-refractivity contribution >= 4 is 126 Å². The topological polar surface area (TPSA) is 18.0 Å². The Morgan fingerprint density at radius 3 is 1.03 bits per heavy atom. The van der Waals surface area contributed by atoms with Crippen LogP contribution in [0.25, 0.3) is 203 Å². The quantitative estimate of drug-likeness (QED) is 0.139. The van der Waals surface area contributed by atoms with Crippen LogP contribution in [0.2, 0.25) is 0 Å². The fourth-order valence-corrected chi connectivity index (χ4v) is 20.1. The second-order valence-electron chi connectivity index (χ2n) is 31.3.